The van der Waals surface area contributed by atoms with Crippen molar-refractivity contribution in [3.63, 3.8) is 0 Å². The maximum atomic E-state index is 13.9. The van der Waals surface area contributed by atoms with Gasteiger partial charge in [0.15, 0.2) is 23.1 Å². The van der Waals surface area contributed by atoms with Gasteiger partial charge < -0.3 is 19.1 Å². The molecule has 174 valence electrons. The SMILES string of the molecule is COc1cc(C(C#N)(CCCN(C)CCc2ccc(OC)c(OC)c2)C(C)C)ccc1F. The van der Waals surface area contributed by atoms with Crippen LogP contribution in [0.1, 0.15) is 37.8 Å². The Morgan fingerprint density at radius 1 is 0.969 bits per heavy atom. The molecular formula is C26H35FN2O3. The van der Waals surface area contributed by atoms with Crippen LogP contribution in [0.4, 0.5) is 4.39 Å². The van der Waals surface area contributed by atoms with E-state index in [-0.39, 0.29) is 11.7 Å². The molecule has 1 unspecified atom stereocenters. The van der Waals surface area contributed by atoms with Crippen molar-refractivity contribution in [2.75, 3.05) is 41.5 Å². The van der Waals surface area contributed by atoms with E-state index in [1.54, 1.807) is 26.4 Å². The molecule has 0 bridgehead atoms. The van der Waals surface area contributed by atoms with E-state index < -0.39 is 11.2 Å². The summed E-state index contributed by atoms with van der Waals surface area (Å²) in [5, 5.41) is 10.1. The van der Waals surface area contributed by atoms with E-state index >= 15 is 0 Å². The van der Waals surface area contributed by atoms with Crippen molar-refractivity contribution in [1.29, 1.82) is 5.26 Å². The second-order valence-electron chi connectivity index (χ2n) is 8.43. The Kier molecular flexibility index (Phi) is 9.34. The molecule has 0 heterocycles. The van der Waals surface area contributed by atoms with Crippen LogP contribution in [-0.2, 0) is 11.8 Å². The molecule has 0 saturated heterocycles. The first kappa shape index (κ1) is 25.5. The molecule has 0 N–H and O–H groups in total. The minimum absolute atomic E-state index is 0.0831. The standard InChI is InChI=1S/C26H35FN2O3/c1-19(2)26(18-28,21-9-10-22(27)24(17-21)31-5)13-7-14-29(3)15-12-20-8-11-23(30-4)25(16-20)32-6/h8-11,16-17,19H,7,12-15H2,1-6H3. The van der Waals surface area contributed by atoms with Gasteiger partial charge in [0, 0.05) is 6.54 Å². The lowest BCUT2D eigenvalue weighted by Gasteiger charge is -2.32. The minimum atomic E-state index is -0.689. The van der Waals surface area contributed by atoms with Crippen molar-refractivity contribution in [1.82, 2.24) is 4.90 Å². The fourth-order valence-corrected chi connectivity index (χ4v) is 4.05. The van der Waals surface area contributed by atoms with Gasteiger partial charge in [-0.15, -0.1) is 0 Å². The molecule has 0 aromatic heterocycles. The quantitative estimate of drug-likeness (QED) is 0.451. The molecule has 0 aliphatic carbocycles. The summed E-state index contributed by atoms with van der Waals surface area (Å²) in [6.07, 6.45) is 2.43. The minimum Gasteiger partial charge on any atom is -0.494 e. The fraction of sp³-hybridized carbons (Fsp3) is 0.500. The Morgan fingerprint density at radius 2 is 1.66 bits per heavy atom. The third-order valence-corrected chi connectivity index (χ3v) is 6.19. The first-order chi connectivity index (χ1) is 15.3. The highest BCUT2D eigenvalue weighted by molar-refractivity contribution is 5.43. The van der Waals surface area contributed by atoms with Gasteiger partial charge in [-0.25, -0.2) is 4.39 Å². The van der Waals surface area contributed by atoms with Crippen LogP contribution in [0.25, 0.3) is 0 Å². The molecule has 32 heavy (non-hydrogen) atoms. The number of benzene rings is 2. The van der Waals surface area contributed by atoms with Gasteiger partial charge >= 0.3 is 0 Å². The van der Waals surface area contributed by atoms with Crippen molar-refractivity contribution in [2.45, 2.75) is 38.5 Å². The molecule has 0 saturated carbocycles. The number of likely N-dealkylation sites (N-methyl/N-ethyl adjacent to an activating group) is 1. The molecular weight excluding hydrogens is 407 g/mol. The van der Waals surface area contributed by atoms with E-state index in [0.29, 0.717) is 6.42 Å². The highest BCUT2D eigenvalue weighted by Gasteiger charge is 2.36. The number of nitriles is 1. The zero-order chi connectivity index (χ0) is 23.7. The first-order valence-corrected chi connectivity index (χ1v) is 11.0. The van der Waals surface area contributed by atoms with Crippen LogP contribution in [0, 0.1) is 23.1 Å². The van der Waals surface area contributed by atoms with Gasteiger partial charge in [0.2, 0.25) is 0 Å². The average molecular weight is 443 g/mol. The zero-order valence-electron chi connectivity index (χ0n) is 20.1. The Morgan fingerprint density at radius 3 is 2.25 bits per heavy atom. The van der Waals surface area contributed by atoms with Gasteiger partial charge in [0.25, 0.3) is 0 Å². The van der Waals surface area contributed by atoms with Crippen LogP contribution < -0.4 is 14.2 Å². The smallest absolute Gasteiger partial charge is 0.165 e. The zero-order valence-corrected chi connectivity index (χ0v) is 20.1. The monoisotopic (exact) mass is 442 g/mol. The molecule has 2 rings (SSSR count). The van der Waals surface area contributed by atoms with Crippen LogP contribution in [0.2, 0.25) is 0 Å². The lowest BCUT2D eigenvalue weighted by Crippen LogP contribution is -2.32. The molecule has 0 aliphatic rings. The molecule has 5 nitrogen and oxygen atoms in total. The number of methoxy groups -OCH3 is 3. The molecule has 1 atom stereocenters. The summed E-state index contributed by atoms with van der Waals surface area (Å²) in [5.74, 6) is 1.30. The van der Waals surface area contributed by atoms with Gasteiger partial charge in [-0.2, -0.15) is 5.26 Å². The summed E-state index contributed by atoms with van der Waals surface area (Å²) in [5.41, 5.74) is 1.30. The van der Waals surface area contributed by atoms with Gasteiger partial charge in [-0.3, -0.25) is 0 Å². The maximum absolute atomic E-state index is 13.9. The number of hydrogen-bond acceptors (Lipinski definition) is 5. The summed E-state index contributed by atoms with van der Waals surface area (Å²) in [7, 11) is 6.80. The first-order valence-electron chi connectivity index (χ1n) is 11.0. The molecule has 0 amide bonds. The van der Waals surface area contributed by atoms with Gasteiger partial charge in [-0.1, -0.05) is 26.0 Å². The average Bonchev–Trinajstić information content (AvgIpc) is 2.80. The van der Waals surface area contributed by atoms with Crippen LogP contribution in [0.5, 0.6) is 17.2 Å². The van der Waals surface area contributed by atoms with E-state index in [9.17, 15) is 9.65 Å². The Labute approximate surface area is 191 Å². The largest absolute Gasteiger partial charge is 0.494 e. The summed E-state index contributed by atoms with van der Waals surface area (Å²) < 4.78 is 29.7. The molecule has 6 heteroatoms. The molecule has 0 radical (unpaired) electrons. The van der Waals surface area contributed by atoms with Crippen LogP contribution >= 0.6 is 0 Å². The van der Waals surface area contributed by atoms with Gasteiger partial charge in [-0.05, 0) is 74.2 Å². The summed E-state index contributed by atoms with van der Waals surface area (Å²) in [4.78, 5) is 2.27. The Hall–Kier alpha value is -2.78. The van der Waals surface area contributed by atoms with E-state index in [2.05, 4.69) is 24.1 Å². The topological polar surface area (TPSA) is 54.7 Å². The summed E-state index contributed by atoms with van der Waals surface area (Å²) in [6.45, 7) is 5.84. The number of nitrogens with zero attached hydrogens (tertiary/aromatic N) is 2. The highest BCUT2D eigenvalue weighted by atomic mass is 19.1. The summed E-state index contributed by atoms with van der Waals surface area (Å²) in [6, 6.07) is 13.3. The lowest BCUT2D eigenvalue weighted by atomic mass is 9.69. The highest BCUT2D eigenvalue weighted by Crippen LogP contribution is 2.38. The second-order valence-corrected chi connectivity index (χ2v) is 8.43. The van der Waals surface area contributed by atoms with Crippen molar-refractivity contribution in [3.05, 3.63) is 53.3 Å². The molecule has 0 spiro atoms. The predicted molar refractivity (Wildman–Crippen MR) is 125 cm³/mol. The fourth-order valence-electron chi connectivity index (χ4n) is 4.05. The van der Waals surface area contributed by atoms with Crippen LogP contribution in [0.3, 0.4) is 0 Å². The van der Waals surface area contributed by atoms with Gasteiger partial charge in [0.1, 0.15) is 0 Å². The second kappa shape index (κ2) is 11.7. The lowest BCUT2D eigenvalue weighted by molar-refractivity contribution is 0.292. The predicted octanol–water partition coefficient (Wildman–Crippen LogP) is 5.22. The van der Waals surface area contributed by atoms with Crippen LogP contribution in [-0.4, -0.2) is 46.4 Å². The van der Waals surface area contributed by atoms with Crippen molar-refractivity contribution in [2.24, 2.45) is 5.92 Å². The number of rotatable bonds is 12. The van der Waals surface area contributed by atoms with Crippen LogP contribution in [0.15, 0.2) is 36.4 Å². The maximum Gasteiger partial charge on any atom is 0.165 e. The molecule has 2 aromatic rings. The normalized spacial score (nSPS) is 13.0. The molecule has 0 aliphatic heterocycles. The van der Waals surface area contributed by atoms with Crippen molar-refractivity contribution in [3.8, 4) is 23.3 Å². The van der Waals surface area contributed by atoms with E-state index in [1.807, 2.05) is 26.0 Å². The third kappa shape index (κ3) is 5.92. The summed E-state index contributed by atoms with van der Waals surface area (Å²) >= 11 is 0. The van der Waals surface area contributed by atoms with E-state index in [1.165, 1.54) is 18.7 Å². The number of hydrogen-bond donors (Lipinski definition) is 0. The van der Waals surface area contributed by atoms with Crippen molar-refractivity contribution >= 4 is 0 Å². The van der Waals surface area contributed by atoms with Gasteiger partial charge in [0.05, 0.1) is 32.8 Å². The Balaban J connectivity index is 2.00. The molecule has 2 aromatic carbocycles. The van der Waals surface area contributed by atoms with E-state index in [4.69, 9.17) is 14.2 Å². The number of ether oxygens (including phenoxy) is 3. The Bertz CT molecular complexity index is 926. The third-order valence-electron chi connectivity index (χ3n) is 6.19. The molecule has 0 fully saturated rings. The number of halogens is 1. The van der Waals surface area contributed by atoms with Crippen molar-refractivity contribution < 1.29 is 18.6 Å². The van der Waals surface area contributed by atoms with E-state index in [0.717, 1.165) is 43.0 Å².